The van der Waals surface area contributed by atoms with E-state index in [1.807, 2.05) is 0 Å². The van der Waals surface area contributed by atoms with Gasteiger partial charge in [-0.2, -0.15) is 0 Å². The molecule has 0 amide bonds. The molecule has 2 atom stereocenters. The lowest BCUT2D eigenvalue weighted by Gasteiger charge is -2.31. The zero-order chi connectivity index (χ0) is 13.8. The van der Waals surface area contributed by atoms with Crippen LogP contribution in [0, 0.1) is 16.0 Å². The summed E-state index contributed by atoms with van der Waals surface area (Å²) in [5.74, 6) is 0.249. The predicted octanol–water partition coefficient (Wildman–Crippen LogP) is 2.23. The number of nitrogens with zero attached hydrogens (tertiary/aromatic N) is 1. The summed E-state index contributed by atoms with van der Waals surface area (Å²) < 4.78 is 0. The monoisotopic (exact) mass is 265 g/mol. The maximum absolute atomic E-state index is 11.0. The molecule has 2 unspecified atom stereocenters. The standard InChI is InChI=1S/C13H19N3O3/c14-8-9-3-1-2-4-11(9)15-12-6-5-10(17)7-13(12)16(18)19/h5-7,9,11,15,17H,1-4,8,14H2. The number of hydrogen-bond acceptors (Lipinski definition) is 5. The average molecular weight is 265 g/mol. The largest absolute Gasteiger partial charge is 0.508 e. The van der Waals surface area contributed by atoms with Gasteiger partial charge in [-0.05, 0) is 37.4 Å². The molecule has 19 heavy (non-hydrogen) atoms. The van der Waals surface area contributed by atoms with Crippen molar-refractivity contribution in [2.24, 2.45) is 11.7 Å². The van der Waals surface area contributed by atoms with Crippen LogP contribution in [0.4, 0.5) is 11.4 Å². The third kappa shape index (κ3) is 3.14. The van der Waals surface area contributed by atoms with Gasteiger partial charge in [0, 0.05) is 6.04 Å². The van der Waals surface area contributed by atoms with E-state index in [9.17, 15) is 15.2 Å². The molecule has 4 N–H and O–H groups in total. The number of nitro groups is 1. The molecule has 104 valence electrons. The van der Waals surface area contributed by atoms with Crippen LogP contribution in [-0.4, -0.2) is 22.6 Å². The molecule has 0 aliphatic heterocycles. The molecular weight excluding hydrogens is 246 g/mol. The second kappa shape index (κ2) is 5.88. The molecule has 1 saturated carbocycles. The van der Waals surface area contributed by atoms with Crippen molar-refractivity contribution in [3.05, 3.63) is 28.3 Å². The summed E-state index contributed by atoms with van der Waals surface area (Å²) in [6.45, 7) is 0.587. The number of nitrogens with one attached hydrogen (secondary N) is 1. The Morgan fingerprint density at radius 2 is 2.16 bits per heavy atom. The van der Waals surface area contributed by atoms with Gasteiger partial charge in [0.15, 0.2) is 0 Å². The smallest absolute Gasteiger partial charge is 0.296 e. The fourth-order valence-electron chi connectivity index (χ4n) is 2.67. The van der Waals surface area contributed by atoms with Gasteiger partial charge < -0.3 is 16.2 Å². The van der Waals surface area contributed by atoms with Crippen molar-refractivity contribution in [2.75, 3.05) is 11.9 Å². The Morgan fingerprint density at radius 1 is 1.42 bits per heavy atom. The van der Waals surface area contributed by atoms with Crippen LogP contribution in [0.25, 0.3) is 0 Å². The minimum absolute atomic E-state index is 0.0960. The van der Waals surface area contributed by atoms with Crippen molar-refractivity contribution in [3.63, 3.8) is 0 Å². The van der Waals surface area contributed by atoms with Gasteiger partial charge in [0.1, 0.15) is 11.4 Å². The summed E-state index contributed by atoms with van der Waals surface area (Å²) in [7, 11) is 0. The summed E-state index contributed by atoms with van der Waals surface area (Å²) in [4.78, 5) is 10.5. The number of phenols is 1. The Balaban J connectivity index is 2.20. The van der Waals surface area contributed by atoms with Gasteiger partial charge >= 0.3 is 0 Å². The van der Waals surface area contributed by atoms with Gasteiger partial charge in [-0.1, -0.05) is 12.8 Å². The Bertz CT molecular complexity index is 464. The van der Waals surface area contributed by atoms with Gasteiger partial charge in [-0.25, -0.2) is 0 Å². The SMILES string of the molecule is NCC1CCCCC1Nc1ccc(O)cc1[N+](=O)[O-]. The van der Waals surface area contributed by atoms with Gasteiger partial charge in [0.05, 0.1) is 11.0 Å². The number of aromatic hydroxyl groups is 1. The number of nitro benzene ring substituents is 1. The summed E-state index contributed by atoms with van der Waals surface area (Å²) in [5.41, 5.74) is 6.11. The number of hydrogen-bond donors (Lipinski definition) is 3. The van der Waals surface area contributed by atoms with Crippen LogP contribution in [-0.2, 0) is 0 Å². The fourth-order valence-corrected chi connectivity index (χ4v) is 2.67. The Morgan fingerprint density at radius 3 is 2.84 bits per heavy atom. The first kappa shape index (κ1) is 13.6. The van der Waals surface area contributed by atoms with E-state index in [1.165, 1.54) is 12.1 Å². The summed E-state index contributed by atoms with van der Waals surface area (Å²) >= 11 is 0. The molecule has 1 aliphatic rings. The highest BCUT2D eigenvalue weighted by atomic mass is 16.6. The van der Waals surface area contributed by atoms with E-state index < -0.39 is 4.92 Å². The number of anilines is 1. The van der Waals surface area contributed by atoms with Crippen LogP contribution >= 0.6 is 0 Å². The Kier molecular flexibility index (Phi) is 4.21. The van der Waals surface area contributed by atoms with Crippen molar-refractivity contribution in [1.82, 2.24) is 0 Å². The zero-order valence-electron chi connectivity index (χ0n) is 10.7. The minimum Gasteiger partial charge on any atom is -0.508 e. The first-order chi connectivity index (χ1) is 9.11. The van der Waals surface area contributed by atoms with Gasteiger partial charge in [-0.3, -0.25) is 10.1 Å². The lowest BCUT2D eigenvalue weighted by atomic mass is 9.84. The molecule has 0 saturated heterocycles. The van der Waals surface area contributed by atoms with Crippen LogP contribution in [0.5, 0.6) is 5.75 Å². The number of rotatable bonds is 4. The quantitative estimate of drug-likeness (QED) is 0.440. The number of phenolic OH excluding ortho intramolecular Hbond substituents is 1. The zero-order valence-corrected chi connectivity index (χ0v) is 10.7. The first-order valence-electron chi connectivity index (χ1n) is 6.56. The molecule has 0 aromatic heterocycles. The van der Waals surface area contributed by atoms with Crippen LogP contribution in [0.1, 0.15) is 25.7 Å². The van der Waals surface area contributed by atoms with E-state index in [0.717, 1.165) is 25.7 Å². The molecule has 6 nitrogen and oxygen atoms in total. The average Bonchev–Trinajstić information content (AvgIpc) is 2.41. The van der Waals surface area contributed by atoms with Crippen LogP contribution in [0.15, 0.2) is 18.2 Å². The van der Waals surface area contributed by atoms with Crippen molar-refractivity contribution in [2.45, 2.75) is 31.7 Å². The molecule has 1 fully saturated rings. The van der Waals surface area contributed by atoms with Crippen molar-refractivity contribution >= 4 is 11.4 Å². The third-order valence-electron chi connectivity index (χ3n) is 3.73. The summed E-state index contributed by atoms with van der Waals surface area (Å²) in [6.07, 6.45) is 4.30. The van der Waals surface area contributed by atoms with Crippen LogP contribution < -0.4 is 11.1 Å². The van der Waals surface area contributed by atoms with E-state index in [-0.39, 0.29) is 17.5 Å². The van der Waals surface area contributed by atoms with E-state index >= 15 is 0 Å². The molecule has 1 aliphatic carbocycles. The summed E-state index contributed by atoms with van der Waals surface area (Å²) in [5, 5.41) is 23.6. The van der Waals surface area contributed by atoms with Gasteiger partial charge in [-0.15, -0.1) is 0 Å². The van der Waals surface area contributed by atoms with Crippen LogP contribution in [0.3, 0.4) is 0 Å². The van der Waals surface area contributed by atoms with E-state index in [1.54, 1.807) is 6.07 Å². The highest BCUT2D eigenvalue weighted by molar-refractivity contribution is 5.64. The molecule has 1 aromatic carbocycles. The number of benzene rings is 1. The van der Waals surface area contributed by atoms with Crippen molar-refractivity contribution < 1.29 is 10.0 Å². The lowest BCUT2D eigenvalue weighted by molar-refractivity contribution is -0.384. The Hall–Kier alpha value is -1.82. The lowest BCUT2D eigenvalue weighted by Crippen LogP contribution is -2.36. The first-order valence-corrected chi connectivity index (χ1v) is 6.56. The maximum Gasteiger partial charge on any atom is 0.296 e. The molecule has 0 heterocycles. The molecule has 2 rings (SSSR count). The van der Waals surface area contributed by atoms with Crippen molar-refractivity contribution in [1.29, 1.82) is 0 Å². The van der Waals surface area contributed by atoms with E-state index in [4.69, 9.17) is 5.73 Å². The van der Waals surface area contributed by atoms with E-state index in [0.29, 0.717) is 18.2 Å². The molecule has 0 spiro atoms. The molecule has 1 aromatic rings. The highest BCUT2D eigenvalue weighted by Gasteiger charge is 2.26. The normalized spacial score (nSPS) is 23.0. The predicted molar refractivity (Wildman–Crippen MR) is 73.2 cm³/mol. The second-order valence-corrected chi connectivity index (χ2v) is 4.99. The van der Waals surface area contributed by atoms with Gasteiger partial charge in [0.25, 0.3) is 5.69 Å². The van der Waals surface area contributed by atoms with E-state index in [2.05, 4.69) is 5.32 Å². The van der Waals surface area contributed by atoms with Gasteiger partial charge in [0.2, 0.25) is 0 Å². The van der Waals surface area contributed by atoms with Crippen LogP contribution in [0.2, 0.25) is 0 Å². The fraction of sp³-hybridized carbons (Fsp3) is 0.538. The van der Waals surface area contributed by atoms with Crippen molar-refractivity contribution in [3.8, 4) is 5.75 Å². The third-order valence-corrected chi connectivity index (χ3v) is 3.73. The topological polar surface area (TPSA) is 101 Å². The molecule has 6 heteroatoms. The summed E-state index contributed by atoms with van der Waals surface area (Å²) in [6, 6.07) is 4.34. The minimum atomic E-state index is -0.484. The molecule has 0 radical (unpaired) electrons. The maximum atomic E-state index is 11.0. The molecule has 0 bridgehead atoms. The number of nitrogens with two attached hydrogens (primary N) is 1. The second-order valence-electron chi connectivity index (χ2n) is 4.99. The Labute approximate surface area is 111 Å². The highest BCUT2D eigenvalue weighted by Crippen LogP contribution is 2.32. The molecular formula is C13H19N3O3.